The first-order chi connectivity index (χ1) is 8.45. The summed E-state index contributed by atoms with van der Waals surface area (Å²) in [4.78, 5) is 22.7. The molecule has 0 aromatic rings. The molecule has 0 rings (SSSR count). The fraction of sp³-hybridized carbons (Fsp3) is 0.833. The molecule has 0 heterocycles. The molecule has 2 amide bonds. The molecule has 0 saturated carbocycles. The standard InChI is InChI=1S/C12H25N3O3/c1-9(2)14-11(16)5-6-13-7-12(17)15-10(3)8-18-4/h9-10,13H,5-8H2,1-4H3,(H,14,16)(H,15,17). The van der Waals surface area contributed by atoms with E-state index in [0.29, 0.717) is 19.6 Å². The Labute approximate surface area is 109 Å². The van der Waals surface area contributed by atoms with Crippen molar-refractivity contribution in [1.29, 1.82) is 0 Å². The maximum absolute atomic E-state index is 11.4. The second-order valence-corrected chi connectivity index (χ2v) is 4.57. The molecular weight excluding hydrogens is 234 g/mol. The summed E-state index contributed by atoms with van der Waals surface area (Å²) >= 11 is 0. The van der Waals surface area contributed by atoms with E-state index in [2.05, 4.69) is 16.0 Å². The van der Waals surface area contributed by atoms with Crippen molar-refractivity contribution in [2.45, 2.75) is 39.3 Å². The molecule has 0 aromatic carbocycles. The molecule has 6 heteroatoms. The van der Waals surface area contributed by atoms with Crippen molar-refractivity contribution < 1.29 is 14.3 Å². The summed E-state index contributed by atoms with van der Waals surface area (Å²) in [5, 5.41) is 8.48. The van der Waals surface area contributed by atoms with E-state index in [-0.39, 0.29) is 30.4 Å². The second-order valence-electron chi connectivity index (χ2n) is 4.57. The minimum absolute atomic E-state index is 0.00598. The molecule has 18 heavy (non-hydrogen) atoms. The predicted octanol–water partition coefficient (Wildman–Crippen LogP) is -0.358. The first-order valence-corrected chi connectivity index (χ1v) is 6.24. The number of ether oxygens (including phenoxy) is 1. The molecule has 1 unspecified atom stereocenters. The van der Waals surface area contributed by atoms with E-state index < -0.39 is 0 Å². The van der Waals surface area contributed by atoms with Gasteiger partial charge >= 0.3 is 0 Å². The quantitative estimate of drug-likeness (QED) is 0.494. The molecule has 0 saturated heterocycles. The summed E-state index contributed by atoms with van der Waals surface area (Å²) in [5.74, 6) is -0.102. The van der Waals surface area contributed by atoms with Crippen molar-refractivity contribution >= 4 is 11.8 Å². The van der Waals surface area contributed by atoms with E-state index in [1.54, 1.807) is 7.11 Å². The topological polar surface area (TPSA) is 79.5 Å². The molecule has 106 valence electrons. The lowest BCUT2D eigenvalue weighted by Gasteiger charge is -2.13. The van der Waals surface area contributed by atoms with E-state index in [1.165, 1.54) is 0 Å². The van der Waals surface area contributed by atoms with E-state index in [1.807, 2.05) is 20.8 Å². The molecule has 3 N–H and O–H groups in total. The highest BCUT2D eigenvalue weighted by atomic mass is 16.5. The number of carbonyl (C=O) groups is 2. The van der Waals surface area contributed by atoms with Gasteiger partial charge in [0.2, 0.25) is 11.8 Å². The Bertz CT molecular complexity index is 257. The Morgan fingerprint density at radius 1 is 1.11 bits per heavy atom. The molecule has 0 aliphatic carbocycles. The summed E-state index contributed by atoms with van der Waals surface area (Å²) in [5.41, 5.74) is 0. The zero-order valence-electron chi connectivity index (χ0n) is 11.7. The number of nitrogens with one attached hydrogen (secondary N) is 3. The summed E-state index contributed by atoms with van der Waals surface area (Å²) in [7, 11) is 1.59. The molecule has 6 nitrogen and oxygen atoms in total. The lowest BCUT2D eigenvalue weighted by molar-refractivity contribution is -0.123. The molecule has 0 fully saturated rings. The third kappa shape index (κ3) is 10.0. The van der Waals surface area contributed by atoms with Gasteiger partial charge in [0, 0.05) is 32.2 Å². The molecule has 0 aliphatic heterocycles. The predicted molar refractivity (Wildman–Crippen MR) is 70.2 cm³/mol. The van der Waals surface area contributed by atoms with Crippen LogP contribution in [0.2, 0.25) is 0 Å². The van der Waals surface area contributed by atoms with Crippen LogP contribution in [-0.4, -0.2) is 50.7 Å². The number of carbonyl (C=O) groups excluding carboxylic acids is 2. The normalized spacial score (nSPS) is 12.3. The zero-order chi connectivity index (χ0) is 14.0. The molecule has 0 radical (unpaired) electrons. The van der Waals surface area contributed by atoms with Crippen LogP contribution < -0.4 is 16.0 Å². The van der Waals surface area contributed by atoms with Crippen LogP contribution in [0.3, 0.4) is 0 Å². The molecule has 0 aliphatic rings. The Morgan fingerprint density at radius 3 is 2.33 bits per heavy atom. The van der Waals surface area contributed by atoms with Crippen LogP contribution in [-0.2, 0) is 14.3 Å². The van der Waals surface area contributed by atoms with Crippen molar-refractivity contribution in [1.82, 2.24) is 16.0 Å². The maximum Gasteiger partial charge on any atom is 0.234 e. The summed E-state index contributed by atoms with van der Waals surface area (Å²) in [6, 6.07) is 0.143. The molecule has 1 atom stereocenters. The van der Waals surface area contributed by atoms with E-state index in [4.69, 9.17) is 4.74 Å². The van der Waals surface area contributed by atoms with Gasteiger partial charge in [0.15, 0.2) is 0 Å². The number of rotatable bonds is 9. The van der Waals surface area contributed by atoms with Crippen molar-refractivity contribution in [2.24, 2.45) is 0 Å². The highest BCUT2D eigenvalue weighted by Gasteiger charge is 2.07. The number of hydrogen-bond donors (Lipinski definition) is 3. The minimum atomic E-state index is -0.0937. The highest BCUT2D eigenvalue weighted by molar-refractivity contribution is 5.78. The van der Waals surface area contributed by atoms with E-state index >= 15 is 0 Å². The van der Waals surface area contributed by atoms with Gasteiger partial charge in [0.25, 0.3) is 0 Å². The zero-order valence-corrected chi connectivity index (χ0v) is 11.7. The van der Waals surface area contributed by atoms with Gasteiger partial charge in [0.05, 0.1) is 13.2 Å². The SMILES string of the molecule is COCC(C)NC(=O)CNCCC(=O)NC(C)C. The van der Waals surface area contributed by atoms with Crippen molar-refractivity contribution in [3.8, 4) is 0 Å². The third-order valence-electron chi connectivity index (χ3n) is 2.09. The molecular formula is C12H25N3O3. The van der Waals surface area contributed by atoms with Gasteiger partial charge < -0.3 is 20.7 Å². The maximum atomic E-state index is 11.4. The van der Waals surface area contributed by atoms with Gasteiger partial charge in [-0.2, -0.15) is 0 Å². The lowest BCUT2D eigenvalue weighted by Crippen LogP contribution is -2.41. The van der Waals surface area contributed by atoms with Crippen LogP contribution in [0.1, 0.15) is 27.2 Å². The average Bonchev–Trinajstić information content (AvgIpc) is 2.23. The van der Waals surface area contributed by atoms with Crippen molar-refractivity contribution in [3.05, 3.63) is 0 Å². The number of amides is 2. The summed E-state index contributed by atoms with van der Waals surface area (Å²) in [6.07, 6.45) is 0.374. The largest absolute Gasteiger partial charge is 0.383 e. The molecule has 0 aromatic heterocycles. The van der Waals surface area contributed by atoms with Crippen LogP contribution in [0.5, 0.6) is 0 Å². The third-order valence-corrected chi connectivity index (χ3v) is 2.09. The first kappa shape index (κ1) is 16.9. The molecule has 0 spiro atoms. The summed E-state index contributed by atoms with van der Waals surface area (Å²) in [6.45, 7) is 6.89. The van der Waals surface area contributed by atoms with Crippen LogP contribution in [0, 0.1) is 0 Å². The fourth-order valence-corrected chi connectivity index (χ4v) is 1.42. The fourth-order valence-electron chi connectivity index (χ4n) is 1.42. The van der Waals surface area contributed by atoms with E-state index in [0.717, 1.165) is 0 Å². The number of methoxy groups -OCH3 is 1. The second kappa shape index (κ2) is 9.85. The van der Waals surface area contributed by atoms with Gasteiger partial charge in [0.1, 0.15) is 0 Å². The van der Waals surface area contributed by atoms with Crippen LogP contribution in [0.4, 0.5) is 0 Å². The van der Waals surface area contributed by atoms with Crippen molar-refractivity contribution in [3.63, 3.8) is 0 Å². The monoisotopic (exact) mass is 259 g/mol. The Morgan fingerprint density at radius 2 is 1.78 bits per heavy atom. The van der Waals surface area contributed by atoms with Gasteiger partial charge in [-0.25, -0.2) is 0 Å². The van der Waals surface area contributed by atoms with Crippen LogP contribution in [0.15, 0.2) is 0 Å². The smallest absolute Gasteiger partial charge is 0.234 e. The van der Waals surface area contributed by atoms with Gasteiger partial charge in [-0.15, -0.1) is 0 Å². The van der Waals surface area contributed by atoms with Crippen LogP contribution in [0.25, 0.3) is 0 Å². The summed E-state index contributed by atoms with van der Waals surface area (Å²) < 4.78 is 4.91. The lowest BCUT2D eigenvalue weighted by atomic mass is 10.3. The first-order valence-electron chi connectivity index (χ1n) is 6.24. The Balaban J connectivity index is 3.54. The van der Waals surface area contributed by atoms with Gasteiger partial charge in [-0.3, -0.25) is 9.59 Å². The highest BCUT2D eigenvalue weighted by Crippen LogP contribution is 1.83. The van der Waals surface area contributed by atoms with Gasteiger partial charge in [-0.05, 0) is 20.8 Å². The molecule has 0 bridgehead atoms. The van der Waals surface area contributed by atoms with Crippen LogP contribution >= 0.6 is 0 Å². The average molecular weight is 259 g/mol. The minimum Gasteiger partial charge on any atom is -0.383 e. The Kier molecular flexibility index (Phi) is 9.22. The number of hydrogen-bond acceptors (Lipinski definition) is 4. The van der Waals surface area contributed by atoms with Gasteiger partial charge in [-0.1, -0.05) is 0 Å². The Hall–Kier alpha value is -1.14. The van der Waals surface area contributed by atoms with E-state index in [9.17, 15) is 9.59 Å². The van der Waals surface area contributed by atoms with Crippen molar-refractivity contribution in [2.75, 3.05) is 26.8 Å².